The van der Waals surface area contributed by atoms with E-state index in [0.717, 1.165) is 17.1 Å². The van der Waals surface area contributed by atoms with E-state index in [9.17, 15) is 4.79 Å². The number of methoxy groups -OCH3 is 1. The molecule has 1 aliphatic rings. The molecule has 1 N–H and O–H groups in total. The summed E-state index contributed by atoms with van der Waals surface area (Å²) in [6.45, 7) is 6.43. The minimum atomic E-state index is -0.220. The van der Waals surface area contributed by atoms with Crippen molar-refractivity contribution in [1.82, 2.24) is 0 Å². The number of nitrogens with zero attached hydrogens (tertiary/aromatic N) is 1. The maximum Gasteiger partial charge on any atom is 0.246 e. The average molecular weight is 234 g/mol. The van der Waals surface area contributed by atoms with E-state index >= 15 is 0 Å². The van der Waals surface area contributed by atoms with E-state index < -0.39 is 0 Å². The monoisotopic (exact) mass is 234 g/mol. The minimum absolute atomic E-state index is 0.0927. The Balaban J connectivity index is 2.49. The van der Waals surface area contributed by atoms with Gasteiger partial charge in [0.05, 0.1) is 25.0 Å². The molecule has 0 bridgehead atoms. The normalized spacial score (nSPS) is 15.3. The van der Waals surface area contributed by atoms with E-state index in [2.05, 4.69) is 5.32 Å². The predicted molar refractivity (Wildman–Crippen MR) is 68.7 cm³/mol. The molecule has 1 aromatic rings. The summed E-state index contributed by atoms with van der Waals surface area (Å²) in [7, 11) is 1.64. The highest BCUT2D eigenvalue weighted by Crippen LogP contribution is 2.36. The molecule has 17 heavy (non-hydrogen) atoms. The third-order valence-corrected chi connectivity index (χ3v) is 2.79. The predicted octanol–water partition coefficient (Wildman–Crippen LogP) is 2.25. The molecule has 1 heterocycles. The number of hydrogen-bond donors (Lipinski definition) is 1. The largest absolute Gasteiger partial charge is 0.497 e. The lowest BCUT2D eigenvalue weighted by molar-refractivity contribution is -0.118. The van der Waals surface area contributed by atoms with Crippen molar-refractivity contribution in [2.45, 2.75) is 26.3 Å². The van der Waals surface area contributed by atoms with Crippen molar-refractivity contribution in [3.05, 3.63) is 18.2 Å². The molecule has 2 rings (SSSR count). The van der Waals surface area contributed by atoms with Crippen molar-refractivity contribution in [2.24, 2.45) is 0 Å². The fraction of sp³-hybridized carbons (Fsp3) is 0.462. The quantitative estimate of drug-likeness (QED) is 0.810. The lowest BCUT2D eigenvalue weighted by Gasteiger charge is -2.40. The van der Waals surface area contributed by atoms with E-state index in [1.165, 1.54) is 0 Å². The number of carbonyl (C=O) groups is 1. The number of rotatable bonds is 1. The van der Waals surface area contributed by atoms with Crippen LogP contribution in [0.2, 0.25) is 0 Å². The van der Waals surface area contributed by atoms with Crippen LogP contribution in [0.3, 0.4) is 0 Å². The number of nitrogens with one attached hydrogen (secondary N) is 1. The van der Waals surface area contributed by atoms with Crippen molar-refractivity contribution in [3.63, 3.8) is 0 Å². The molecule has 4 nitrogen and oxygen atoms in total. The van der Waals surface area contributed by atoms with Crippen molar-refractivity contribution in [1.29, 1.82) is 0 Å². The molecular weight excluding hydrogens is 216 g/mol. The van der Waals surface area contributed by atoms with Gasteiger partial charge in [-0.2, -0.15) is 0 Å². The zero-order chi connectivity index (χ0) is 12.6. The average Bonchev–Trinajstić information content (AvgIpc) is 2.26. The first-order valence-corrected chi connectivity index (χ1v) is 5.68. The Labute approximate surface area is 102 Å². The number of carbonyl (C=O) groups excluding carboxylic acids is 1. The van der Waals surface area contributed by atoms with Crippen LogP contribution in [-0.4, -0.2) is 25.1 Å². The van der Waals surface area contributed by atoms with Crippen LogP contribution in [-0.2, 0) is 4.79 Å². The molecule has 0 saturated heterocycles. The van der Waals surface area contributed by atoms with Gasteiger partial charge in [-0.25, -0.2) is 0 Å². The molecule has 0 fully saturated rings. The third kappa shape index (κ3) is 2.07. The van der Waals surface area contributed by atoms with E-state index in [4.69, 9.17) is 4.74 Å². The number of anilines is 2. The fourth-order valence-electron chi connectivity index (χ4n) is 2.10. The van der Waals surface area contributed by atoms with Crippen molar-refractivity contribution in [3.8, 4) is 5.75 Å². The SMILES string of the molecule is COc1ccc2c(c1)NCC(=O)N2C(C)(C)C. The van der Waals surface area contributed by atoms with Crippen molar-refractivity contribution < 1.29 is 9.53 Å². The van der Waals surface area contributed by atoms with Crippen LogP contribution in [0.15, 0.2) is 18.2 Å². The summed E-state index contributed by atoms with van der Waals surface area (Å²) in [5.74, 6) is 0.884. The molecule has 1 aromatic carbocycles. The van der Waals surface area contributed by atoms with E-state index in [-0.39, 0.29) is 11.4 Å². The Hall–Kier alpha value is -1.71. The van der Waals surface area contributed by atoms with Crippen LogP contribution in [0.25, 0.3) is 0 Å². The smallest absolute Gasteiger partial charge is 0.246 e. The summed E-state index contributed by atoms with van der Waals surface area (Å²) in [5, 5.41) is 3.12. The molecule has 0 unspecified atom stereocenters. The Morgan fingerprint density at radius 3 is 2.65 bits per heavy atom. The van der Waals surface area contributed by atoms with Gasteiger partial charge in [-0.3, -0.25) is 4.79 Å². The van der Waals surface area contributed by atoms with Crippen molar-refractivity contribution >= 4 is 17.3 Å². The number of fused-ring (bicyclic) bond motifs is 1. The van der Waals surface area contributed by atoms with Gasteiger partial charge < -0.3 is 15.0 Å². The van der Waals surface area contributed by atoms with Gasteiger partial charge in [0.2, 0.25) is 5.91 Å². The van der Waals surface area contributed by atoms with Gasteiger partial charge in [-0.15, -0.1) is 0 Å². The van der Waals surface area contributed by atoms with Gasteiger partial charge in [0.25, 0.3) is 0 Å². The van der Waals surface area contributed by atoms with Crippen LogP contribution in [0.4, 0.5) is 11.4 Å². The minimum Gasteiger partial charge on any atom is -0.497 e. The standard InChI is InChI=1S/C13H18N2O2/c1-13(2,3)15-11-6-5-9(17-4)7-10(11)14-8-12(15)16/h5-7,14H,8H2,1-4H3. The lowest BCUT2D eigenvalue weighted by atomic mass is 10.0. The van der Waals surface area contributed by atoms with Crippen LogP contribution < -0.4 is 15.0 Å². The highest BCUT2D eigenvalue weighted by atomic mass is 16.5. The van der Waals surface area contributed by atoms with E-state index in [1.807, 2.05) is 43.9 Å². The third-order valence-electron chi connectivity index (χ3n) is 2.79. The number of amides is 1. The summed E-state index contributed by atoms with van der Waals surface area (Å²) in [4.78, 5) is 13.8. The molecule has 0 atom stereocenters. The first-order chi connectivity index (χ1) is 7.93. The van der Waals surface area contributed by atoms with E-state index in [1.54, 1.807) is 7.11 Å². The van der Waals surface area contributed by atoms with Gasteiger partial charge in [0, 0.05) is 11.6 Å². The van der Waals surface area contributed by atoms with Gasteiger partial charge >= 0.3 is 0 Å². The summed E-state index contributed by atoms with van der Waals surface area (Å²) in [6, 6.07) is 5.71. The van der Waals surface area contributed by atoms with Crippen LogP contribution >= 0.6 is 0 Å². The molecule has 4 heteroatoms. The zero-order valence-corrected chi connectivity index (χ0v) is 10.7. The van der Waals surface area contributed by atoms with Crippen molar-refractivity contribution in [2.75, 3.05) is 23.9 Å². The zero-order valence-electron chi connectivity index (χ0n) is 10.7. The summed E-state index contributed by atoms with van der Waals surface area (Å²) in [5.41, 5.74) is 1.64. The molecule has 0 aliphatic carbocycles. The van der Waals surface area contributed by atoms with Crippen LogP contribution in [0.1, 0.15) is 20.8 Å². The molecule has 92 valence electrons. The molecular formula is C13H18N2O2. The summed E-state index contributed by atoms with van der Waals surface area (Å²) < 4.78 is 5.18. The Morgan fingerprint density at radius 2 is 2.06 bits per heavy atom. The number of benzene rings is 1. The molecule has 0 spiro atoms. The maximum absolute atomic E-state index is 12.0. The van der Waals surface area contributed by atoms with Gasteiger partial charge in [0.1, 0.15) is 5.75 Å². The van der Waals surface area contributed by atoms with Crippen LogP contribution in [0, 0.1) is 0 Å². The Kier molecular flexibility index (Phi) is 2.73. The Morgan fingerprint density at radius 1 is 1.35 bits per heavy atom. The van der Waals surface area contributed by atoms with Gasteiger partial charge in [0.15, 0.2) is 0 Å². The molecule has 1 aliphatic heterocycles. The first kappa shape index (κ1) is 11.8. The first-order valence-electron chi connectivity index (χ1n) is 5.68. The van der Waals surface area contributed by atoms with E-state index in [0.29, 0.717) is 6.54 Å². The number of hydrogen-bond acceptors (Lipinski definition) is 3. The fourth-order valence-corrected chi connectivity index (χ4v) is 2.10. The molecule has 0 radical (unpaired) electrons. The highest BCUT2D eigenvalue weighted by molar-refractivity contribution is 6.03. The highest BCUT2D eigenvalue weighted by Gasteiger charge is 2.32. The molecule has 0 aromatic heterocycles. The Bertz CT molecular complexity index is 449. The summed E-state index contributed by atoms with van der Waals surface area (Å²) >= 11 is 0. The van der Waals surface area contributed by atoms with Crippen LogP contribution in [0.5, 0.6) is 5.75 Å². The topological polar surface area (TPSA) is 41.6 Å². The number of ether oxygens (including phenoxy) is 1. The molecule has 0 saturated carbocycles. The maximum atomic E-state index is 12.0. The summed E-state index contributed by atoms with van der Waals surface area (Å²) in [6.07, 6.45) is 0. The molecule has 1 amide bonds. The van der Waals surface area contributed by atoms with Gasteiger partial charge in [-0.1, -0.05) is 0 Å². The second-order valence-corrected chi connectivity index (χ2v) is 5.14. The second-order valence-electron chi connectivity index (χ2n) is 5.14. The lowest BCUT2D eigenvalue weighted by Crippen LogP contribution is -2.50. The van der Waals surface area contributed by atoms with Gasteiger partial charge in [-0.05, 0) is 32.9 Å². The second kappa shape index (κ2) is 3.95.